The highest BCUT2D eigenvalue weighted by atomic mass is 35.5. The minimum absolute atomic E-state index is 0.00995. The molecular formula is C17H17ClO3. The first-order chi connectivity index (χ1) is 9.70. The number of phenolic OH excluding ortho intramolecular Hbond substituents is 2. The van der Waals surface area contributed by atoms with E-state index in [1.807, 2.05) is 12.1 Å². The van der Waals surface area contributed by atoms with Gasteiger partial charge in [-0.1, -0.05) is 56.6 Å². The molecule has 0 atom stereocenters. The van der Waals surface area contributed by atoms with Gasteiger partial charge in [-0.3, -0.25) is 4.79 Å². The zero-order chi connectivity index (χ0) is 15.8. The molecule has 2 rings (SSSR count). The molecule has 0 amide bonds. The number of benzene rings is 2. The van der Waals surface area contributed by atoms with E-state index < -0.39 is 0 Å². The molecule has 0 bridgehead atoms. The van der Waals surface area contributed by atoms with E-state index >= 15 is 0 Å². The Balaban J connectivity index is 2.39. The predicted octanol–water partition coefficient (Wildman–Crippen LogP) is 4.28. The van der Waals surface area contributed by atoms with E-state index in [0.29, 0.717) is 5.56 Å². The number of ketones is 1. The number of aromatic hydroxyl groups is 2. The molecule has 0 aliphatic rings. The van der Waals surface area contributed by atoms with Crippen LogP contribution in [0, 0.1) is 0 Å². The lowest BCUT2D eigenvalue weighted by Gasteiger charge is -2.19. The highest BCUT2D eigenvalue weighted by molar-refractivity contribution is 6.35. The first-order valence-electron chi connectivity index (χ1n) is 6.57. The molecule has 21 heavy (non-hydrogen) atoms. The summed E-state index contributed by atoms with van der Waals surface area (Å²) in [7, 11) is 0. The third-order valence-corrected chi connectivity index (χ3v) is 3.63. The Labute approximate surface area is 128 Å². The molecule has 0 fully saturated rings. The van der Waals surface area contributed by atoms with Gasteiger partial charge >= 0.3 is 0 Å². The minimum Gasteiger partial charge on any atom is -0.504 e. The monoisotopic (exact) mass is 304 g/mol. The van der Waals surface area contributed by atoms with Gasteiger partial charge in [0.1, 0.15) is 0 Å². The van der Waals surface area contributed by atoms with Crippen molar-refractivity contribution in [1.82, 2.24) is 0 Å². The van der Waals surface area contributed by atoms with Gasteiger partial charge in [-0.15, -0.1) is 0 Å². The number of hydrogen-bond donors (Lipinski definition) is 2. The normalized spacial score (nSPS) is 11.4. The van der Waals surface area contributed by atoms with Crippen molar-refractivity contribution in [1.29, 1.82) is 0 Å². The van der Waals surface area contributed by atoms with E-state index in [0.717, 1.165) is 11.6 Å². The summed E-state index contributed by atoms with van der Waals surface area (Å²) < 4.78 is 0. The van der Waals surface area contributed by atoms with Crippen molar-refractivity contribution < 1.29 is 15.0 Å². The lowest BCUT2D eigenvalue weighted by molar-refractivity contribution is 0.103. The Morgan fingerprint density at radius 1 is 1.00 bits per heavy atom. The third-order valence-electron chi connectivity index (χ3n) is 3.32. The quantitative estimate of drug-likeness (QED) is 0.643. The fraction of sp³-hybridized carbons (Fsp3) is 0.235. The van der Waals surface area contributed by atoms with Crippen LogP contribution in [0.15, 0.2) is 36.4 Å². The average Bonchev–Trinajstić information content (AvgIpc) is 2.41. The largest absolute Gasteiger partial charge is 0.504 e. The van der Waals surface area contributed by atoms with E-state index in [2.05, 4.69) is 20.8 Å². The van der Waals surface area contributed by atoms with Crippen molar-refractivity contribution >= 4 is 17.4 Å². The second-order valence-corrected chi connectivity index (χ2v) is 6.38. The first kappa shape index (κ1) is 15.4. The minimum atomic E-state index is -0.367. The van der Waals surface area contributed by atoms with Crippen molar-refractivity contribution in [3.8, 4) is 11.5 Å². The molecule has 0 radical (unpaired) electrons. The van der Waals surface area contributed by atoms with Crippen molar-refractivity contribution in [2.45, 2.75) is 26.2 Å². The Morgan fingerprint density at radius 3 is 2.05 bits per heavy atom. The van der Waals surface area contributed by atoms with Gasteiger partial charge in [0.2, 0.25) is 0 Å². The van der Waals surface area contributed by atoms with Crippen LogP contribution in [-0.4, -0.2) is 16.0 Å². The van der Waals surface area contributed by atoms with Crippen LogP contribution in [0.4, 0.5) is 0 Å². The molecule has 0 saturated carbocycles. The molecule has 2 N–H and O–H groups in total. The maximum atomic E-state index is 12.4. The topological polar surface area (TPSA) is 57.5 Å². The van der Waals surface area contributed by atoms with Crippen LogP contribution in [0.3, 0.4) is 0 Å². The van der Waals surface area contributed by atoms with Gasteiger partial charge in [0.05, 0.1) is 5.02 Å². The smallest absolute Gasteiger partial charge is 0.194 e. The second kappa shape index (κ2) is 5.41. The number of carbonyl (C=O) groups excluding carboxylic acids is 1. The summed E-state index contributed by atoms with van der Waals surface area (Å²) in [5.41, 5.74) is 1.78. The maximum absolute atomic E-state index is 12.4. The molecular weight excluding hydrogens is 288 g/mol. The van der Waals surface area contributed by atoms with Crippen LogP contribution in [0.2, 0.25) is 5.02 Å². The van der Waals surface area contributed by atoms with E-state index in [1.165, 1.54) is 6.07 Å². The standard InChI is InChI=1S/C17H17ClO3/c1-17(2,3)11-6-4-10(5-7-11)16(21)12-8-14(19)15(20)9-13(12)18/h4-9,19-20H,1-3H3. The highest BCUT2D eigenvalue weighted by Gasteiger charge is 2.18. The van der Waals surface area contributed by atoms with Gasteiger partial charge < -0.3 is 10.2 Å². The van der Waals surface area contributed by atoms with Gasteiger partial charge in [-0.2, -0.15) is 0 Å². The Bertz CT molecular complexity index is 682. The summed E-state index contributed by atoms with van der Waals surface area (Å²) in [5, 5.41) is 19.0. The number of carbonyl (C=O) groups is 1. The molecule has 2 aromatic carbocycles. The Hall–Kier alpha value is -2.00. The Morgan fingerprint density at radius 2 is 1.52 bits per heavy atom. The summed E-state index contributed by atoms with van der Waals surface area (Å²) in [4.78, 5) is 12.4. The lowest BCUT2D eigenvalue weighted by atomic mass is 9.86. The summed E-state index contributed by atoms with van der Waals surface area (Å²) in [5.74, 6) is -1.01. The average molecular weight is 305 g/mol. The Kier molecular flexibility index (Phi) is 3.97. The van der Waals surface area contributed by atoms with Crippen molar-refractivity contribution in [3.05, 3.63) is 58.1 Å². The summed E-state index contributed by atoms with van der Waals surface area (Å²) >= 11 is 5.96. The van der Waals surface area contributed by atoms with Crippen LogP contribution >= 0.6 is 11.6 Å². The fourth-order valence-corrected chi connectivity index (χ4v) is 2.25. The van der Waals surface area contributed by atoms with E-state index in [4.69, 9.17) is 11.6 Å². The van der Waals surface area contributed by atoms with Crippen molar-refractivity contribution in [2.24, 2.45) is 0 Å². The molecule has 4 heteroatoms. The van der Waals surface area contributed by atoms with Gasteiger partial charge in [-0.25, -0.2) is 0 Å². The van der Waals surface area contributed by atoms with Crippen molar-refractivity contribution in [3.63, 3.8) is 0 Å². The van der Waals surface area contributed by atoms with Crippen molar-refractivity contribution in [2.75, 3.05) is 0 Å². The van der Waals surface area contributed by atoms with E-state index in [1.54, 1.807) is 12.1 Å². The predicted molar refractivity (Wildman–Crippen MR) is 83.4 cm³/mol. The summed E-state index contributed by atoms with van der Waals surface area (Å²) in [6.45, 7) is 6.29. The molecule has 0 aliphatic carbocycles. The van der Waals surface area contributed by atoms with E-state index in [-0.39, 0.29) is 33.3 Å². The fourth-order valence-electron chi connectivity index (χ4n) is 2.00. The summed E-state index contributed by atoms with van der Waals surface area (Å²) in [6.07, 6.45) is 0. The molecule has 3 nitrogen and oxygen atoms in total. The third kappa shape index (κ3) is 3.19. The molecule has 0 heterocycles. The highest BCUT2D eigenvalue weighted by Crippen LogP contribution is 2.32. The van der Waals surface area contributed by atoms with Crippen LogP contribution in [0.5, 0.6) is 11.5 Å². The first-order valence-corrected chi connectivity index (χ1v) is 6.94. The number of rotatable bonds is 2. The van der Waals surface area contributed by atoms with Crippen LogP contribution < -0.4 is 0 Å². The zero-order valence-corrected chi connectivity index (χ0v) is 12.9. The molecule has 0 spiro atoms. The van der Waals surface area contributed by atoms with Gasteiger partial charge in [0.15, 0.2) is 17.3 Å². The molecule has 0 saturated heterocycles. The molecule has 0 aromatic heterocycles. The lowest BCUT2D eigenvalue weighted by Crippen LogP contribution is -2.11. The van der Waals surface area contributed by atoms with Crippen LogP contribution in [0.25, 0.3) is 0 Å². The second-order valence-electron chi connectivity index (χ2n) is 5.98. The number of halogens is 1. The zero-order valence-electron chi connectivity index (χ0n) is 12.1. The van der Waals surface area contributed by atoms with Gasteiger partial charge in [0, 0.05) is 17.2 Å². The SMILES string of the molecule is CC(C)(C)c1ccc(C(=O)c2cc(O)c(O)cc2Cl)cc1. The molecule has 2 aromatic rings. The number of phenols is 2. The van der Waals surface area contributed by atoms with Gasteiger partial charge in [-0.05, 0) is 17.0 Å². The summed E-state index contributed by atoms with van der Waals surface area (Å²) in [6, 6.07) is 9.63. The number of hydrogen-bond acceptors (Lipinski definition) is 3. The van der Waals surface area contributed by atoms with Crippen LogP contribution in [-0.2, 0) is 5.41 Å². The van der Waals surface area contributed by atoms with Crippen LogP contribution in [0.1, 0.15) is 42.3 Å². The van der Waals surface area contributed by atoms with E-state index in [9.17, 15) is 15.0 Å². The molecule has 0 aliphatic heterocycles. The molecule has 0 unspecified atom stereocenters. The molecule has 110 valence electrons. The maximum Gasteiger partial charge on any atom is 0.194 e. The van der Waals surface area contributed by atoms with Gasteiger partial charge in [0.25, 0.3) is 0 Å².